The first-order valence-electron chi connectivity index (χ1n) is 21.5. The summed E-state index contributed by atoms with van der Waals surface area (Å²) in [5.74, 6) is -7.00. The average Bonchev–Trinajstić information content (AvgIpc) is 3.27. The Labute approximate surface area is 388 Å². The number of rotatable bonds is 11. The third-order valence-corrected chi connectivity index (χ3v) is 12.4. The molecule has 368 valence electrons. The molecule has 0 saturated carbocycles. The first-order chi connectivity index (χ1) is 31.9. The van der Waals surface area contributed by atoms with E-state index in [-0.39, 0.29) is 33.6 Å². The Kier molecular flexibility index (Phi) is 14.0. The number of methoxy groups -OCH3 is 1. The number of aromatic hydroxyl groups is 3. The molecule has 2 heterocycles. The molecular weight excluding hydrogens is 901 g/mol. The summed E-state index contributed by atoms with van der Waals surface area (Å²) in [5, 5.41) is 95.9. The molecule has 0 aromatic heterocycles. The van der Waals surface area contributed by atoms with Gasteiger partial charge in [0.05, 0.1) is 48.0 Å². The van der Waals surface area contributed by atoms with Crippen molar-refractivity contribution >= 4 is 29.4 Å². The molecule has 3 aromatic carbocycles. The maximum absolute atomic E-state index is 14.2. The highest BCUT2D eigenvalue weighted by Gasteiger charge is 2.51. The van der Waals surface area contributed by atoms with E-state index >= 15 is 0 Å². The number of hydrogen-bond donors (Lipinski definition) is 10. The van der Waals surface area contributed by atoms with E-state index < -0.39 is 167 Å². The monoisotopic (exact) mass is 954 g/mol. The largest absolute Gasteiger partial charge is 0.507 e. The molecule has 2 fully saturated rings. The first kappa shape index (κ1) is 50.1. The van der Waals surface area contributed by atoms with E-state index in [1.165, 1.54) is 40.1 Å². The van der Waals surface area contributed by atoms with Crippen LogP contribution in [0.2, 0.25) is 0 Å². The van der Waals surface area contributed by atoms with E-state index in [9.17, 15) is 64.8 Å². The molecule has 10 N–H and O–H groups in total. The van der Waals surface area contributed by atoms with Crippen molar-refractivity contribution in [3.8, 4) is 34.1 Å². The van der Waals surface area contributed by atoms with Gasteiger partial charge in [-0.15, -0.1) is 0 Å². The molecule has 22 heteroatoms. The molecule has 2 aliphatic heterocycles. The lowest BCUT2D eigenvalue weighted by atomic mass is 9.74. The summed E-state index contributed by atoms with van der Waals surface area (Å²) < 4.78 is 39.1. The Morgan fingerprint density at radius 1 is 0.824 bits per heavy atom. The molecule has 12 atom stereocenters. The summed E-state index contributed by atoms with van der Waals surface area (Å²) in [7, 11) is 2.80. The van der Waals surface area contributed by atoms with E-state index in [1.54, 1.807) is 27.7 Å². The lowest BCUT2D eigenvalue weighted by Crippen LogP contribution is -2.65. The second-order valence-corrected chi connectivity index (χ2v) is 18.0. The Hall–Kier alpha value is -5.79. The molecular formula is C46H54N2O20. The molecule has 0 bridgehead atoms. The van der Waals surface area contributed by atoms with Crippen LogP contribution in [-0.2, 0) is 38.0 Å². The molecule has 4 aliphatic rings. The van der Waals surface area contributed by atoms with Crippen molar-refractivity contribution in [3.05, 3.63) is 68.8 Å². The van der Waals surface area contributed by atoms with E-state index in [0.717, 1.165) is 12.1 Å². The quantitative estimate of drug-likeness (QED) is 0.0718. The van der Waals surface area contributed by atoms with Crippen LogP contribution in [0.5, 0.6) is 23.0 Å². The molecule has 0 radical (unpaired) electrons. The van der Waals surface area contributed by atoms with Gasteiger partial charge in [0.15, 0.2) is 24.1 Å². The molecule has 1 amide bonds. The average molecular weight is 955 g/mol. The van der Waals surface area contributed by atoms with Crippen LogP contribution < -0.4 is 15.4 Å². The van der Waals surface area contributed by atoms with Gasteiger partial charge >= 0.3 is 11.9 Å². The zero-order valence-corrected chi connectivity index (χ0v) is 38.1. The van der Waals surface area contributed by atoms with Gasteiger partial charge in [-0.1, -0.05) is 6.07 Å². The van der Waals surface area contributed by atoms with Gasteiger partial charge in [-0.3, -0.25) is 19.2 Å². The third-order valence-electron chi connectivity index (χ3n) is 12.4. The number of phenolic OH excluding ortho intramolecular Hbond substituents is 3. The predicted molar refractivity (Wildman–Crippen MR) is 230 cm³/mol. The summed E-state index contributed by atoms with van der Waals surface area (Å²) in [4.78, 5) is 67.5. The number of ether oxygens (including phenoxy) is 7. The minimum Gasteiger partial charge on any atom is -0.507 e. The summed E-state index contributed by atoms with van der Waals surface area (Å²) in [6.45, 7) is 7.84. The third kappa shape index (κ3) is 8.76. The lowest BCUT2D eigenvalue weighted by molar-refractivity contribution is -0.339. The van der Waals surface area contributed by atoms with Crippen molar-refractivity contribution in [2.75, 3.05) is 27.6 Å². The number of esters is 2. The highest BCUT2D eigenvalue weighted by atomic mass is 16.7. The minimum atomic E-state index is -1.92. The smallest absolute Gasteiger partial charge is 0.331 e. The number of ketones is 2. The number of carbonyl (C=O) groups excluding carboxylic acids is 5. The van der Waals surface area contributed by atoms with Crippen LogP contribution in [0.3, 0.4) is 0 Å². The molecule has 2 aliphatic carbocycles. The molecule has 68 heavy (non-hydrogen) atoms. The van der Waals surface area contributed by atoms with Crippen LogP contribution in [0.15, 0.2) is 24.3 Å². The number of aryl methyl sites for hydroxylation is 1. The van der Waals surface area contributed by atoms with Crippen molar-refractivity contribution in [2.45, 2.75) is 115 Å². The van der Waals surface area contributed by atoms with Gasteiger partial charge in [-0.2, -0.15) is 0 Å². The van der Waals surface area contributed by atoms with E-state index in [2.05, 4.69) is 10.6 Å². The minimum absolute atomic E-state index is 0.00538. The Balaban J connectivity index is 1.31. The van der Waals surface area contributed by atoms with Gasteiger partial charge in [0, 0.05) is 28.3 Å². The van der Waals surface area contributed by atoms with Crippen LogP contribution in [-0.4, -0.2) is 159 Å². The Morgan fingerprint density at radius 3 is 2.12 bits per heavy atom. The first-order valence-corrected chi connectivity index (χ1v) is 21.5. The van der Waals surface area contributed by atoms with Crippen LogP contribution in [0, 0.1) is 12.3 Å². The maximum Gasteiger partial charge on any atom is 0.331 e. The van der Waals surface area contributed by atoms with Gasteiger partial charge < -0.3 is 84.6 Å². The fraction of sp³-hybridized carbons (Fsp3) is 0.500. The van der Waals surface area contributed by atoms with Crippen molar-refractivity contribution in [1.29, 1.82) is 0 Å². The Morgan fingerprint density at radius 2 is 1.47 bits per heavy atom. The normalized spacial score (nSPS) is 28.0. The van der Waals surface area contributed by atoms with Crippen LogP contribution in [0.4, 0.5) is 0 Å². The van der Waals surface area contributed by atoms with Crippen molar-refractivity contribution < 1.29 is 98.0 Å². The van der Waals surface area contributed by atoms with Crippen molar-refractivity contribution in [2.24, 2.45) is 5.41 Å². The fourth-order valence-electron chi connectivity index (χ4n) is 8.78. The number of aliphatic hydroxyl groups is 5. The van der Waals surface area contributed by atoms with Gasteiger partial charge in [0.25, 0.3) is 5.91 Å². The second kappa shape index (κ2) is 19.0. The van der Waals surface area contributed by atoms with Gasteiger partial charge in [-0.05, 0) is 77.4 Å². The number of amides is 1. The number of likely N-dealkylation sites (N-methyl/N-ethyl adjacent to an activating group) is 1. The number of hydrogen-bond acceptors (Lipinski definition) is 21. The molecule has 22 nitrogen and oxygen atoms in total. The molecule has 12 unspecified atom stereocenters. The zero-order chi connectivity index (χ0) is 50.0. The van der Waals surface area contributed by atoms with Crippen molar-refractivity contribution in [3.63, 3.8) is 0 Å². The van der Waals surface area contributed by atoms with Crippen molar-refractivity contribution in [1.82, 2.24) is 10.6 Å². The van der Waals surface area contributed by atoms with Crippen LogP contribution >= 0.6 is 0 Å². The number of carbonyl (C=O) groups is 5. The zero-order valence-electron chi connectivity index (χ0n) is 38.1. The summed E-state index contributed by atoms with van der Waals surface area (Å²) in [5.41, 5.74) is -4.40. The standard InChI is InChI=1S/C46H54N2O20/c1-15-9-22-28(35(55)25(15)41(59)48-16(2)42(60)64-14-65-45(61)46(4,5)6)27-20(12-21-29(36(27)56)32(52)19-10-18(62-8)11-23(49)26(19)31(21)51)33(53)39(22)67-44-38(58)40(30(47-7)17(3)66-44)68-43-37(57)34(54)24(50)13-63-43/h9-12,16-17,24,30,33-34,37-40,43-44,47,49-50,53-58H,13-14H2,1-8H3,(H,48,59). The number of fused-ring (bicyclic) bond motifs is 5. The SMILES string of the molecule is CNC1C(C)OC(OC2c3cc(C)c(C(=O)NC(C)C(=O)OCOC(=O)C(C)(C)C)c(O)c3-c3c(cc4c(c3O)C(=O)c3cc(OC)cc(O)c3C4=O)C2O)C(O)C1OC1OCC(O)C(O)C1O. The molecule has 7 rings (SSSR count). The van der Waals surface area contributed by atoms with Gasteiger partial charge in [0.2, 0.25) is 6.79 Å². The highest BCUT2D eigenvalue weighted by molar-refractivity contribution is 6.31. The Bertz CT molecular complexity index is 2540. The molecule has 2 saturated heterocycles. The maximum atomic E-state index is 14.2. The van der Waals surface area contributed by atoms with Gasteiger partial charge in [-0.25, -0.2) is 4.79 Å². The fourth-order valence-corrected chi connectivity index (χ4v) is 8.78. The van der Waals surface area contributed by atoms with E-state index in [1.807, 2.05) is 0 Å². The number of benzene rings is 3. The summed E-state index contributed by atoms with van der Waals surface area (Å²) >= 11 is 0. The van der Waals surface area contributed by atoms with E-state index in [0.29, 0.717) is 0 Å². The number of phenols is 3. The van der Waals surface area contributed by atoms with Gasteiger partial charge in [0.1, 0.15) is 71.8 Å². The second-order valence-electron chi connectivity index (χ2n) is 18.0. The molecule has 3 aromatic rings. The number of nitrogens with one attached hydrogen (secondary N) is 2. The van der Waals surface area contributed by atoms with Crippen LogP contribution in [0.25, 0.3) is 11.1 Å². The summed E-state index contributed by atoms with van der Waals surface area (Å²) in [6, 6.07) is 2.44. The summed E-state index contributed by atoms with van der Waals surface area (Å²) in [6.07, 6.45) is -15.7. The van der Waals surface area contributed by atoms with E-state index in [4.69, 9.17) is 33.2 Å². The highest BCUT2D eigenvalue weighted by Crippen LogP contribution is 2.57. The topological polar surface area (TPSA) is 336 Å². The number of aliphatic hydroxyl groups excluding tert-OH is 5. The van der Waals surface area contributed by atoms with Crippen LogP contribution in [0.1, 0.15) is 106 Å². The lowest BCUT2D eigenvalue weighted by Gasteiger charge is -2.47. The predicted octanol–water partition coefficient (Wildman–Crippen LogP) is 0.394. The molecule has 0 spiro atoms.